The van der Waals surface area contributed by atoms with Crippen molar-refractivity contribution in [3.8, 4) is 11.5 Å². The van der Waals surface area contributed by atoms with E-state index in [9.17, 15) is 9.59 Å². The Kier molecular flexibility index (Phi) is 5.06. The summed E-state index contributed by atoms with van der Waals surface area (Å²) in [5, 5.41) is 0. The summed E-state index contributed by atoms with van der Waals surface area (Å²) in [5.41, 5.74) is 5.64. The quantitative estimate of drug-likeness (QED) is 0.670. The molecule has 5 nitrogen and oxygen atoms in total. The highest BCUT2D eigenvalue weighted by atomic mass is 16.5. The highest BCUT2D eigenvalue weighted by Crippen LogP contribution is 2.12. The van der Waals surface area contributed by atoms with Gasteiger partial charge < -0.3 is 15.2 Å². The Morgan fingerprint density at radius 3 is 1.86 bits per heavy atom. The maximum Gasteiger partial charge on any atom is 0.328 e. The zero-order valence-corrected chi connectivity index (χ0v) is 11.3. The van der Waals surface area contributed by atoms with E-state index in [-0.39, 0.29) is 6.42 Å². The average molecular weight is 285 g/mol. The number of nitrogens with two attached hydrogens (primary N) is 1. The topological polar surface area (TPSA) is 78.6 Å². The molecule has 0 spiro atoms. The van der Waals surface area contributed by atoms with E-state index in [0.717, 1.165) is 0 Å². The number of hydrogen-bond donors (Lipinski definition) is 1. The van der Waals surface area contributed by atoms with E-state index >= 15 is 0 Å². The van der Waals surface area contributed by atoms with Crippen LogP contribution in [0.1, 0.15) is 6.42 Å². The summed E-state index contributed by atoms with van der Waals surface area (Å²) in [4.78, 5) is 23.4. The number of ether oxygens (including phenoxy) is 2. The van der Waals surface area contributed by atoms with E-state index < -0.39 is 18.0 Å². The van der Waals surface area contributed by atoms with Crippen molar-refractivity contribution < 1.29 is 19.1 Å². The standard InChI is InChI=1S/C16H15NO4/c17-14(16(19)21-13-9-5-2-6-10-13)11-15(18)20-12-7-3-1-4-8-12/h1-10,14H,11,17H2. The van der Waals surface area contributed by atoms with E-state index in [2.05, 4.69) is 0 Å². The molecule has 0 aliphatic rings. The second-order valence-electron chi connectivity index (χ2n) is 4.33. The predicted octanol–water partition coefficient (Wildman–Crippen LogP) is 1.91. The lowest BCUT2D eigenvalue weighted by molar-refractivity contribution is -0.142. The van der Waals surface area contributed by atoms with Gasteiger partial charge in [0.2, 0.25) is 0 Å². The molecule has 1 atom stereocenters. The second-order valence-corrected chi connectivity index (χ2v) is 4.33. The minimum atomic E-state index is -1.07. The van der Waals surface area contributed by atoms with Gasteiger partial charge in [-0.05, 0) is 24.3 Å². The van der Waals surface area contributed by atoms with Crippen molar-refractivity contribution in [2.24, 2.45) is 5.73 Å². The monoisotopic (exact) mass is 285 g/mol. The average Bonchev–Trinajstić information content (AvgIpc) is 2.49. The Morgan fingerprint density at radius 2 is 1.33 bits per heavy atom. The largest absolute Gasteiger partial charge is 0.426 e. The van der Waals surface area contributed by atoms with E-state index in [1.807, 2.05) is 0 Å². The van der Waals surface area contributed by atoms with Crippen LogP contribution in [-0.2, 0) is 9.59 Å². The molecule has 2 N–H and O–H groups in total. The zero-order chi connectivity index (χ0) is 15.1. The molecule has 0 aromatic heterocycles. The lowest BCUT2D eigenvalue weighted by Crippen LogP contribution is -2.37. The first-order chi connectivity index (χ1) is 10.1. The Hall–Kier alpha value is -2.66. The SMILES string of the molecule is NC(CC(=O)Oc1ccccc1)C(=O)Oc1ccccc1. The molecule has 0 aliphatic heterocycles. The maximum atomic E-state index is 11.7. The summed E-state index contributed by atoms with van der Waals surface area (Å²) in [5.74, 6) is -0.467. The van der Waals surface area contributed by atoms with Crippen LogP contribution in [0.4, 0.5) is 0 Å². The van der Waals surface area contributed by atoms with Gasteiger partial charge in [-0.25, -0.2) is 4.79 Å². The number of benzene rings is 2. The van der Waals surface area contributed by atoms with Gasteiger partial charge in [0.05, 0.1) is 6.42 Å². The van der Waals surface area contributed by atoms with Crippen molar-refractivity contribution >= 4 is 11.9 Å². The highest BCUT2D eigenvalue weighted by molar-refractivity contribution is 5.84. The fourth-order valence-corrected chi connectivity index (χ4v) is 1.60. The third-order valence-corrected chi connectivity index (χ3v) is 2.63. The fraction of sp³-hybridized carbons (Fsp3) is 0.125. The van der Waals surface area contributed by atoms with Gasteiger partial charge in [-0.15, -0.1) is 0 Å². The molecule has 0 radical (unpaired) electrons. The molecule has 0 amide bonds. The molecule has 2 aromatic carbocycles. The highest BCUT2D eigenvalue weighted by Gasteiger charge is 2.21. The van der Waals surface area contributed by atoms with Crippen molar-refractivity contribution in [1.82, 2.24) is 0 Å². The molecule has 0 heterocycles. The van der Waals surface area contributed by atoms with Gasteiger partial charge in [-0.2, -0.15) is 0 Å². The Bertz CT molecular complexity index is 598. The predicted molar refractivity (Wildman–Crippen MR) is 76.7 cm³/mol. The van der Waals surface area contributed by atoms with Crippen molar-refractivity contribution in [1.29, 1.82) is 0 Å². The van der Waals surface area contributed by atoms with Crippen LogP contribution < -0.4 is 15.2 Å². The van der Waals surface area contributed by atoms with Crippen LogP contribution in [0.15, 0.2) is 60.7 Å². The number of rotatable bonds is 5. The van der Waals surface area contributed by atoms with Gasteiger partial charge in [-0.1, -0.05) is 36.4 Å². The molecule has 2 rings (SSSR count). The molecular weight excluding hydrogens is 270 g/mol. The summed E-state index contributed by atoms with van der Waals surface area (Å²) >= 11 is 0. The molecule has 5 heteroatoms. The number of carbonyl (C=O) groups excluding carboxylic acids is 2. The summed E-state index contributed by atoms with van der Waals surface area (Å²) in [6.07, 6.45) is -0.249. The van der Waals surface area contributed by atoms with Crippen LogP contribution in [0.3, 0.4) is 0 Å². The summed E-state index contributed by atoms with van der Waals surface area (Å²) in [6.45, 7) is 0. The Balaban J connectivity index is 1.84. The number of esters is 2. The van der Waals surface area contributed by atoms with Crippen molar-refractivity contribution in [3.05, 3.63) is 60.7 Å². The smallest absolute Gasteiger partial charge is 0.328 e. The van der Waals surface area contributed by atoms with Crippen LogP contribution >= 0.6 is 0 Å². The lowest BCUT2D eigenvalue weighted by Gasteiger charge is -2.10. The van der Waals surface area contributed by atoms with Crippen LogP contribution in [0.5, 0.6) is 11.5 Å². The van der Waals surface area contributed by atoms with Gasteiger partial charge in [0.25, 0.3) is 0 Å². The van der Waals surface area contributed by atoms with Crippen molar-refractivity contribution in [3.63, 3.8) is 0 Å². The third kappa shape index (κ3) is 4.74. The minimum absolute atomic E-state index is 0.249. The number of carbonyl (C=O) groups is 2. The molecule has 21 heavy (non-hydrogen) atoms. The Morgan fingerprint density at radius 1 is 0.857 bits per heavy atom. The van der Waals surface area contributed by atoms with Gasteiger partial charge >= 0.3 is 11.9 Å². The van der Waals surface area contributed by atoms with Gasteiger partial charge in [0, 0.05) is 0 Å². The molecule has 0 bridgehead atoms. The van der Waals surface area contributed by atoms with Gasteiger partial charge in [-0.3, -0.25) is 4.79 Å². The van der Waals surface area contributed by atoms with Gasteiger partial charge in [0.1, 0.15) is 17.5 Å². The molecule has 0 aliphatic carbocycles. The van der Waals surface area contributed by atoms with E-state index in [1.165, 1.54) is 0 Å². The molecule has 0 saturated heterocycles. The molecule has 0 fully saturated rings. The van der Waals surface area contributed by atoms with Crippen LogP contribution in [0.2, 0.25) is 0 Å². The van der Waals surface area contributed by atoms with Crippen LogP contribution in [0, 0.1) is 0 Å². The lowest BCUT2D eigenvalue weighted by atomic mass is 10.2. The zero-order valence-electron chi connectivity index (χ0n) is 11.3. The van der Waals surface area contributed by atoms with Crippen LogP contribution in [-0.4, -0.2) is 18.0 Å². The third-order valence-electron chi connectivity index (χ3n) is 2.63. The first kappa shape index (κ1) is 14.7. The summed E-state index contributed by atoms with van der Waals surface area (Å²) in [6, 6.07) is 16.0. The maximum absolute atomic E-state index is 11.7. The Labute approximate surface area is 122 Å². The van der Waals surface area contributed by atoms with Gasteiger partial charge in [0.15, 0.2) is 0 Å². The molecule has 108 valence electrons. The minimum Gasteiger partial charge on any atom is -0.426 e. The first-order valence-electron chi connectivity index (χ1n) is 6.43. The van der Waals surface area contributed by atoms with Crippen molar-refractivity contribution in [2.45, 2.75) is 12.5 Å². The summed E-state index contributed by atoms with van der Waals surface area (Å²) in [7, 11) is 0. The van der Waals surface area contributed by atoms with E-state index in [0.29, 0.717) is 11.5 Å². The molecule has 0 saturated carbocycles. The van der Waals surface area contributed by atoms with E-state index in [4.69, 9.17) is 15.2 Å². The normalized spacial score (nSPS) is 11.5. The summed E-state index contributed by atoms with van der Waals surface area (Å²) < 4.78 is 10.1. The van der Waals surface area contributed by atoms with E-state index in [1.54, 1.807) is 60.7 Å². The molecular formula is C16H15NO4. The number of para-hydroxylation sites is 2. The molecule has 2 aromatic rings. The molecule has 1 unspecified atom stereocenters. The van der Waals surface area contributed by atoms with Crippen LogP contribution in [0.25, 0.3) is 0 Å². The second kappa shape index (κ2) is 7.21. The fourth-order valence-electron chi connectivity index (χ4n) is 1.60. The van der Waals surface area contributed by atoms with Crippen molar-refractivity contribution in [2.75, 3.05) is 0 Å². The first-order valence-corrected chi connectivity index (χ1v) is 6.43. The number of hydrogen-bond acceptors (Lipinski definition) is 5.